The minimum Gasteiger partial charge on any atom is -0.358 e. The molecule has 3 N–H and O–H groups in total. The quantitative estimate of drug-likeness (QED) is 0.489. The topological polar surface area (TPSA) is 82.9 Å². The number of nitrogens with zero attached hydrogens (tertiary/aromatic N) is 4. The molecule has 7 nitrogen and oxygen atoms in total. The predicted octanol–water partition coefficient (Wildman–Crippen LogP) is 1.82. The van der Waals surface area contributed by atoms with E-state index in [2.05, 4.69) is 62.0 Å². The maximum absolute atomic E-state index is 4.27. The molecule has 0 unspecified atom stereocenters. The summed E-state index contributed by atoms with van der Waals surface area (Å²) >= 11 is 0. The van der Waals surface area contributed by atoms with Crippen molar-refractivity contribution in [1.29, 1.82) is 0 Å². The Bertz CT molecular complexity index is 888. The molecule has 25 heavy (non-hydrogen) atoms. The van der Waals surface area contributed by atoms with E-state index in [1.165, 1.54) is 22.2 Å². The lowest BCUT2D eigenvalue weighted by Gasteiger charge is -2.11. The first-order valence-electron chi connectivity index (χ1n) is 8.45. The van der Waals surface area contributed by atoms with E-state index in [0.29, 0.717) is 6.54 Å². The Kier molecular flexibility index (Phi) is 5.02. The van der Waals surface area contributed by atoms with E-state index in [4.69, 9.17) is 0 Å². The molecular weight excluding hydrogens is 314 g/mol. The Morgan fingerprint density at radius 2 is 2.00 bits per heavy atom. The van der Waals surface area contributed by atoms with Crippen molar-refractivity contribution in [1.82, 2.24) is 30.4 Å². The van der Waals surface area contributed by atoms with Crippen molar-refractivity contribution in [2.75, 3.05) is 13.6 Å². The van der Waals surface area contributed by atoms with E-state index in [0.717, 1.165) is 30.6 Å². The molecule has 0 amide bonds. The van der Waals surface area contributed by atoms with Crippen molar-refractivity contribution in [2.24, 2.45) is 12.0 Å². The van der Waals surface area contributed by atoms with Crippen LogP contribution < -0.4 is 10.6 Å². The maximum Gasteiger partial charge on any atom is 0.191 e. The van der Waals surface area contributed by atoms with Gasteiger partial charge in [-0.2, -0.15) is 0 Å². The van der Waals surface area contributed by atoms with Gasteiger partial charge in [0.1, 0.15) is 5.82 Å². The summed E-state index contributed by atoms with van der Waals surface area (Å²) in [6.45, 7) is 5.45. The van der Waals surface area contributed by atoms with Crippen LogP contribution in [0.25, 0.3) is 10.9 Å². The fraction of sp³-hybridized carbons (Fsp3) is 0.389. The van der Waals surface area contributed by atoms with Crippen LogP contribution >= 0.6 is 0 Å². The maximum atomic E-state index is 4.27. The second-order valence-electron chi connectivity index (χ2n) is 6.10. The van der Waals surface area contributed by atoms with Gasteiger partial charge in [0.2, 0.25) is 0 Å². The van der Waals surface area contributed by atoms with Crippen molar-refractivity contribution in [3.8, 4) is 0 Å². The summed E-state index contributed by atoms with van der Waals surface area (Å²) in [7, 11) is 3.73. The van der Waals surface area contributed by atoms with Gasteiger partial charge in [0, 0.05) is 37.2 Å². The van der Waals surface area contributed by atoms with E-state index in [-0.39, 0.29) is 0 Å². The highest BCUT2D eigenvalue weighted by Gasteiger charge is 2.09. The number of fused-ring (bicyclic) bond motifs is 1. The van der Waals surface area contributed by atoms with Crippen LogP contribution in [-0.2, 0) is 20.0 Å². The standard InChI is InChI=1S/C18H25N7/c1-12-14(15-7-5-6-8-16(15)22-12)9-10-20-18(19-3)21-11-17-24-23-13(2)25(17)4/h5-8,22H,9-11H2,1-4H3,(H2,19,20,21). The Morgan fingerprint density at radius 1 is 1.20 bits per heavy atom. The normalized spacial score (nSPS) is 11.9. The van der Waals surface area contributed by atoms with Crippen molar-refractivity contribution >= 4 is 16.9 Å². The van der Waals surface area contributed by atoms with Crippen LogP contribution in [0.5, 0.6) is 0 Å². The zero-order chi connectivity index (χ0) is 17.8. The largest absolute Gasteiger partial charge is 0.358 e. The molecule has 0 aliphatic heterocycles. The third-order valence-corrected chi connectivity index (χ3v) is 4.51. The number of rotatable bonds is 5. The summed E-state index contributed by atoms with van der Waals surface area (Å²) in [6, 6.07) is 8.41. The van der Waals surface area contributed by atoms with Crippen LogP contribution in [0.2, 0.25) is 0 Å². The van der Waals surface area contributed by atoms with Gasteiger partial charge in [-0.3, -0.25) is 4.99 Å². The molecule has 0 radical (unpaired) electrons. The highest BCUT2D eigenvalue weighted by atomic mass is 15.3. The molecule has 0 bridgehead atoms. The minimum absolute atomic E-state index is 0.586. The summed E-state index contributed by atoms with van der Waals surface area (Å²) in [6.07, 6.45) is 0.930. The van der Waals surface area contributed by atoms with Crippen LogP contribution in [0.4, 0.5) is 0 Å². The lowest BCUT2D eigenvalue weighted by Crippen LogP contribution is -2.38. The number of H-pyrrole nitrogens is 1. The number of guanidine groups is 1. The first kappa shape index (κ1) is 17.0. The number of hydrogen-bond donors (Lipinski definition) is 3. The number of aliphatic imine (C=N–C) groups is 1. The van der Waals surface area contributed by atoms with Gasteiger partial charge in [0.05, 0.1) is 6.54 Å². The third-order valence-electron chi connectivity index (χ3n) is 4.51. The van der Waals surface area contributed by atoms with Crippen molar-refractivity contribution in [2.45, 2.75) is 26.8 Å². The average molecular weight is 339 g/mol. The number of para-hydroxylation sites is 1. The summed E-state index contributed by atoms with van der Waals surface area (Å²) < 4.78 is 1.97. The number of nitrogens with one attached hydrogen (secondary N) is 3. The fourth-order valence-electron chi connectivity index (χ4n) is 2.95. The number of benzene rings is 1. The van der Waals surface area contributed by atoms with E-state index in [9.17, 15) is 0 Å². The van der Waals surface area contributed by atoms with Gasteiger partial charge in [0.25, 0.3) is 0 Å². The second-order valence-corrected chi connectivity index (χ2v) is 6.10. The highest BCUT2D eigenvalue weighted by molar-refractivity contribution is 5.84. The van der Waals surface area contributed by atoms with Gasteiger partial charge in [0.15, 0.2) is 11.8 Å². The van der Waals surface area contributed by atoms with Gasteiger partial charge in [-0.15, -0.1) is 10.2 Å². The molecule has 0 spiro atoms. The Morgan fingerprint density at radius 3 is 2.72 bits per heavy atom. The predicted molar refractivity (Wildman–Crippen MR) is 101 cm³/mol. The zero-order valence-electron chi connectivity index (χ0n) is 15.2. The molecule has 0 saturated carbocycles. The highest BCUT2D eigenvalue weighted by Crippen LogP contribution is 2.21. The first-order valence-corrected chi connectivity index (χ1v) is 8.45. The van der Waals surface area contributed by atoms with Gasteiger partial charge < -0.3 is 20.2 Å². The fourth-order valence-corrected chi connectivity index (χ4v) is 2.95. The SMILES string of the molecule is CN=C(NCCc1c(C)[nH]c2ccccc12)NCc1nnc(C)n1C. The van der Waals surface area contributed by atoms with Crippen LogP contribution in [0.15, 0.2) is 29.3 Å². The van der Waals surface area contributed by atoms with Gasteiger partial charge in [-0.25, -0.2) is 0 Å². The van der Waals surface area contributed by atoms with Crippen LogP contribution in [0.3, 0.4) is 0 Å². The van der Waals surface area contributed by atoms with E-state index in [1.807, 2.05) is 18.5 Å². The molecule has 2 heterocycles. The molecule has 1 aromatic carbocycles. The molecule has 2 aromatic heterocycles. The van der Waals surface area contributed by atoms with E-state index >= 15 is 0 Å². The lowest BCUT2D eigenvalue weighted by molar-refractivity contribution is 0.716. The van der Waals surface area contributed by atoms with E-state index in [1.54, 1.807) is 7.05 Å². The summed E-state index contributed by atoms with van der Waals surface area (Å²) in [4.78, 5) is 7.72. The number of aryl methyl sites for hydroxylation is 2. The van der Waals surface area contributed by atoms with Crippen molar-refractivity contribution in [3.05, 3.63) is 47.2 Å². The molecule has 0 saturated heterocycles. The summed E-state index contributed by atoms with van der Waals surface area (Å²) in [5, 5.41) is 16.1. The Balaban J connectivity index is 1.56. The lowest BCUT2D eigenvalue weighted by atomic mass is 10.1. The van der Waals surface area contributed by atoms with Gasteiger partial charge >= 0.3 is 0 Å². The molecule has 3 aromatic rings. The molecule has 0 fully saturated rings. The van der Waals surface area contributed by atoms with Crippen LogP contribution in [0.1, 0.15) is 22.9 Å². The van der Waals surface area contributed by atoms with Crippen LogP contribution in [-0.4, -0.2) is 39.3 Å². The van der Waals surface area contributed by atoms with Gasteiger partial charge in [-0.1, -0.05) is 18.2 Å². The summed E-state index contributed by atoms with van der Waals surface area (Å²) in [5.41, 5.74) is 3.76. The van der Waals surface area contributed by atoms with Crippen molar-refractivity contribution in [3.63, 3.8) is 0 Å². The molecule has 0 aliphatic carbocycles. The molecule has 0 atom stereocenters. The Labute approximate surface area is 147 Å². The number of aromatic amines is 1. The van der Waals surface area contributed by atoms with Crippen LogP contribution in [0, 0.1) is 13.8 Å². The Hall–Kier alpha value is -2.83. The number of aromatic nitrogens is 4. The van der Waals surface area contributed by atoms with E-state index < -0.39 is 0 Å². The average Bonchev–Trinajstić information content (AvgIpc) is 3.11. The first-order chi connectivity index (χ1) is 12.1. The molecule has 7 heteroatoms. The molecule has 0 aliphatic rings. The molecule has 132 valence electrons. The second kappa shape index (κ2) is 7.38. The third kappa shape index (κ3) is 3.65. The van der Waals surface area contributed by atoms with Crippen molar-refractivity contribution < 1.29 is 0 Å². The van der Waals surface area contributed by atoms with Gasteiger partial charge in [-0.05, 0) is 31.9 Å². The number of hydrogen-bond acceptors (Lipinski definition) is 3. The zero-order valence-corrected chi connectivity index (χ0v) is 15.2. The molecular formula is C18H25N7. The molecule has 3 rings (SSSR count). The monoisotopic (exact) mass is 339 g/mol. The minimum atomic E-state index is 0.586. The summed E-state index contributed by atoms with van der Waals surface area (Å²) in [5.74, 6) is 2.54. The smallest absolute Gasteiger partial charge is 0.191 e.